The Kier molecular flexibility index (Phi) is 6.20. The van der Waals surface area contributed by atoms with Gasteiger partial charge in [-0.05, 0) is 32.8 Å². The molecule has 1 aromatic heterocycles. The van der Waals surface area contributed by atoms with Crippen molar-refractivity contribution in [2.24, 2.45) is 0 Å². The Labute approximate surface area is 121 Å². The van der Waals surface area contributed by atoms with Gasteiger partial charge in [0.05, 0.1) is 18.8 Å². The molecule has 0 aliphatic carbocycles. The highest BCUT2D eigenvalue weighted by Gasteiger charge is 2.23. The lowest BCUT2D eigenvalue weighted by atomic mass is 10.1. The number of hydrogen-bond acceptors (Lipinski definition) is 4. The van der Waals surface area contributed by atoms with Crippen LogP contribution in [0, 0.1) is 13.8 Å². The molecule has 0 fully saturated rings. The predicted octanol–water partition coefficient (Wildman–Crippen LogP) is 1.99. The van der Waals surface area contributed by atoms with Crippen LogP contribution in [0.25, 0.3) is 0 Å². The van der Waals surface area contributed by atoms with E-state index >= 15 is 0 Å². The van der Waals surface area contributed by atoms with E-state index in [1.165, 1.54) is 5.56 Å². The minimum absolute atomic E-state index is 0.215. The second kappa shape index (κ2) is 7.43. The van der Waals surface area contributed by atoms with Gasteiger partial charge in [0.1, 0.15) is 6.04 Å². The number of esters is 1. The Morgan fingerprint density at radius 1 is 1.35 bits per heavy atom. The number of aryl methyl sites for hydroxylation is 1. The predicted molar refractivity (Wildman–Crippen MR) is 79.8 cm³/mol. The van der Waals surface area contributed by atoms with Crippen molar-refractivity contribution in [2.75, 3.05) is 6.61 Å². The summed E-state index contributed by atoms with van der Waals surface area (Å²) in [6.07, 6.45) is 0.958. The lowest BCUT2D eigenvalue weighted by Gasteiger charge is -2.20. The first kappa shape index (κ1) is 16.7. The van der Waals surface area contributed by atoms with Crippen LogP contribution < -0.4 is 5.32 Å². The van der Waals surface area contributed by atoms with E-state index in [9.17, 15) is 4.79 Å². The summed E-state index contributed by atoms with van der Waals surface area (Å²) in [5.74, 6) is -0.216. The van der Waals surface area contributed by atoms with Crippen molar-refractivity contribution in [3.63, 3.8) is 0 Å². The summed E-state index contributed by atoms with van der Waals surface area (Å²) in [4.78, 5) is 12.0. The van der Waals surface area contributed by atoms with E-state index in [1.54, 1.807) is 0 Å². The molecule has 0 aromatic carbocycles. The van der Waals surface area contributed by atoms with E-state index in [2.05, 4.69) is 24.3 Å². The fourth-order valence-electron chi connectivity index (χ4n) is 2.44. The van der Waals surface area contributed by atoms with Crippen LogP contribution in [0.3, 0.4) is 0 Å². The first-order valence-corrected chi connectivity index (χ1v) is 7.36. The fourth-order valence-corrected chi connectivity index (χ4v) is 2.44. The van der Waals surface area contributed by atoms with Crippen LogP contribution in [0.15, 0.2) is 0 Å². The molecule has 1 rings (SSSR count). The first-order chi connectivity index (χ1) is 9.40. The number of ether oxygens (including phenoxy) is 1. The number of carbonyl (C=O) groups excluding carboxylic acids is 1. The topological polar surface area (TPSA) is 56.2 Å². The van der Waals surface area contributed by atoms with Crippen LogP contribution in [0.1, 0.15) is 44.6 Å². The van der Waals surface area contributed by atoms with Gasteiger partial charge in [-0.2, -0.15) is 5.10 Å². The molecule has 0 aliphatic rings. The number of nitrogens with zero attached hydrogens (tertiary/aromatic N) is 2. The molecule has 5 nitrogen and oxygen atoms in total. The monoisotopic (exact) mass is 281 g/mol. The normalized spacial score (nSPS) is 12.8. The van der Waals surface area contributed by atoms with Crippen molar-refractivity contribution in [1.82, 2.24) is 15.1 Å². The Hall–Kier alpha value is -1.36. The van der Waals surface area contributed by atoms with Crippen LogP contribution in [0.5, 0.6) is 0 Å². The summed E-state index contributed by atoms with van der Waals surface area (Å²) in [6.45, 7) is 12.9. The lowest BCUT2D eigenvalue weighted by Crippen LogP contribution is -2.45. The van der Waals surface area contributed by atoms with Crippen LogP contribution in [0.2, 0.25) is 0 Å². The quantitative estimate of drug-likeness (QED) is 0.777. The largest absolute Gasteiger partial charge is 0.465 e. The Morgan fingerprint density at radius 2 is 2.00 bits per heavy atom. The average molecular weight is 281 g/mol. The maximum absolute atomic E-state index is 12.0. The van der Waals surface area contributed by atoms with Gasteiger partial charge in [0.25, 0.3) is 0 Å². The minimum atomic E-state index is -0.363. The SMILES string of the molecule is CCOC(=O)C(Cn1nc(C)c(CC)c1C)NC(C)C. The Morgan fingerprint density at radius 3 is 2.45 bits per heavy atom. The summed E-state index contributed by atoms with van der Waals surface area (Å²) in [5.41, 5.74) is 3.43. The van der Waals surface area contributed by atoms with Gasteiger partial charge in [0.15, 0.2) is 0 Å². The van der Waals surface area contributed by atoms with Gasteiger partial charge in [-0.1, -0.05) is 20.8 Å². The molecule has 0 amide bonds. The van der Waals surface area contributed by atoms with Crippen LogP contribution in [-0.4, -0.2) is 34.4 Å². The van der Waals surface area contributed by atoms with Crippen LogP contribution >= 0.6 is 0 Å². The second-order valence-electron chi connectivity index (χ2n) is 5.31. The summed E-state index contributed by atoms with van der Waals surface area (Å²) in [7, 11) is 0. The van der Waals surface area contributed by atoms with Gasteiger partial charge >= 0.3 is 5.97 Å². The summed E-state index contributed by atoms with van der Waals surface area (Å²) in [6, 6.07) is -0.148. The summed E-state index contributed by atoms with van der Waals surface area (Å²) in [5, 5.41) is 7.79. The molecule has 0 saturated carbocycles. The van der Waals surface area contributed by atoms with E-state index in [-0.39, 0.29) is 18.1 Å². The molecule has 0 spiro atoms. The van der Waals surface area contributed by atoms with E-state index in [0.717, 1.165) is 17.8 Å². The molecule has 1 atom stereocenters. The highest BCUT2D eigenvalue weighted by molar-refractivity contribution is 5.75. The number of rotatable bonds is 7. The molecule has 1 aromatic rings. The highest BCUT2D eigenvalue weighted by Crippen LogP contribution is 2.14. The third kappa shape index (κ3) is 4.07. The summed E-state index contributed by atoms with van der Waals surface area (Å²) >= 11 is 0. The first-order valence-electron chi connectivity index (χ1n) is 7.36. The van der Waals surface area contributed by atoms with Gasteiger partial charge in [-0.15, -0.1) is 0 Å². The van der Waals surface area contributed by atoms with Gasteiger partial charge in [-0.25, -0.2) is 0 Å². The third-order valence-corrected chi connectivity index (χ3v) is 3.35. The highest BCUT2D eigenvalue weighted by atomic mass is 16.5. The Balaban J connectivity index is 2.91. The minimum Gasteiger partial charge on any atom is -0.465 e. The zero-order valence-electron chi connectivity index (χ0n) is 13.5. The van der Waals surface area contributed by atoms with Crippen molar-refractivity contribution >= 4 is 5.97 Å². The third-order valence-electron chi connectivity index (χ3n) is 3.35. The van der Waals surface area contributed by atoms with Crippen molar-refractivity contribution in [3.8, 4) is 0 Å². The lowest BCUT2D eigenvalue weighted by molar-refractivity contribution is -0.146. The van der Waals surface area contributed by atoms with Gasteiger partial charge in [-0.3, -0.25) is 9.48 Å². The molecule has 0 aliphatic heterocycles. The zero-order chi connectivity index (χ0) is 15.3. The van der Waals surface area contributed by atoms with E-state index in [1.807, 2.05) is 32.4 Å². The number of nitrogens with one attached hydrogen (secondary N) is 1. The van der Waals surface area contributed by atoms with Crippen molar-refractivity contribution in [2.45, 2.75) is 66.6 Å². The van der Waals surface area contributed by atoms with Crippen molar-refractivity contribution in [3.05, 3.63) is 17.0 Å². The number of hydrogen-bond donors (Lipinski definition) is 1. The maximum Gasteiger partial charge on any atom is 0.325 e. The molecule has 5 heteroatoms. The van der Waals surface area contributed by atoms with Gasteiger partial charge in [0.2, 0.25) is 0 Å². The molecule has 1 N–H and O–H groups in total. The fraction of sp³-hybridized carbons (Fsp3) is 0.733. The van der Waals surface area contributed by atoms with Crippen LogP contribution in [-0.2, 0) is 22.5 Å². The molecular formula is C15H27N3O2. The molecule has 0 radical (unpaired) electrons. The Bertz CT molecular complexity index is 452. The van der Waals surface area contributed by atoms with E-state index in [4.69, 9.17) is 4.74 Å². The van der Waals surface area contributed by atoms with Crippen molar-refractivity contribution in [1.29, 1.82) is 0 Å². The number of aromatic nitrogens is 2. The molecule has 1 heterocycles. The molecule has 20 heavy (non-hydrogen) atoms. The zero-order valence-corrected chi connectivity index (χ0v) is 13.5. The van der Waals surface area contributed by atoms with Crippen molar-refractivity contribution < 1.29 is 9.53 Å². The second-order valence-corrected chi connectivity index (χ2v) is 5.31. The molecular weight excluding hydrogens is 254 g/mol. The van der Waals surface area contributed by atoms with Crippen LogP contribution in [0.4, 0.5) is 0 Å². The molecule has 0 bridgehead atoms. The van der Waals surface area contributed by atoms with Gasteiger partial charge in [0, 0.05) is 11.7 Å². The average Bonchev–Trinajstić information content (AvgIpc) is 2.63. The smallest absolute Gasteiger partial charge is 0.325 e. The molecule has 1 unspecified atom stereocenters. The van der Waals surface area contributed by atoms with Gasteiger partial charge < -0.3 is 10.1 Å². The number of carbonyl (C=O) groups is 1. The van der Waals surface area contributed by atoms with E-state index < -0.39 is 0 Å². The molecule has 0 saturated heterocycles. The standard InChI is InChI=1S/C15H27N3O2/c1-7-13-11(5)17-18(12(13)6)9-14(16-10(3)4)15(19)20-8-2/h10,14,16H,7-9H2,1-6H3. The summed E-state index contributed by atoms with van der Waals surface area (Å²) < 4.78 is 7.05. The molecule has 114 valence electrons. The van der Waals surface area contributed by atoms with E-state index in [0.29, 0.717) is 13.2 Å². The maximum atomic E-state index is 12.0.